The lowest BCUT2D eigenvalue weighted by Gasteiger charge is -2.25. The van der Waals surface area contributed by atoms with E-state index in [0.29, 0.717) is 6.04 Å². The maximum absolute atomic E-state index is 5.58. The molecule has 18 heavy (non-hydrogen) atoms. The van der Waals surface area contributed by atoms with E-state index in [1.165, 1.54) is 24.9 Å². The summed E-state index contributed by atoms with van der Waals surface area (Å²) in [7, 11) is 6.37. The molecule has 1 fully saturated rings. The number of rotatable bonds is 6. The summed E-state index contributed by atoms with van der Waals surface area (Å²) in [5.74, 6) is 1.09. The van der Waals surface area contributed by atoms with Crippen molar-refractivity contribution in [3.8, 4) is 0 Å². The lowest BCUT2D eigenvalue weighted by atomic mass is 10.2. The van der Waals surface area contributed by atoms with Gasteiger partial charge in [0.2, 0.25) is 0 Å². The zero-order valence-corrected chi connectivity index (χ0v) is 11.8. The molecule has 0 aromatic carbocycles. The molecular formula is C14H25N3O. The van der Waals surface area contributed by atoms with Gasteiger partial charge in [-0.15, -0.1) is 0 Å². The van der Waals surface area contributed by atoms with Gasteiger partial charge < -0.3 is 14.6 Å². The highest BCUT2D eigenvalue weighted by Gasteiger charge is 2.22. The van der Waals surface area contributed by atoms with E-state index in [1.54, 1.807) is 6.26 Å². The van der Waals surface area contributed by atoms with Crippen molar-refractivity contribution in [3.05, 3.63) is 23.7 Å². The maximum atomic E-state index is 5.58. The Morgan fingerprint density at radius 3 is 3.06 bits per heavy atom. The minimum atomic E-state index is 0.706. The smallest absolute Gasteiger partial charge is 0.122 e. The van der Waals surface area contributed by atoms with Gasteiger partial charge in [0.05, 0.1) is 12.8 Å². The third-order valence-corrected chi connectivity index (χ3v) is 3.81. The minimum Gasteiger partial charge on any atom is -0.468 e. The molecule has 0 radical (unpaired) electrons. The summed E-state index contributed by atoms with van der Waals surface area (Å²) in [5, 5.41) is 3.18. The van der Waals surface area contributed by atoms with Crippen LogP contribution in [0.15, 0.2) is 16.7 Å². The molecule has 1 unspecified atom stereocenters. The SMILES string of the molecule is CNCc1ccoc1CN(C)CC1CCCN1C. The molecule has 1 saturated heterocycles. The number of likely N-dealkylation sites (N-methyl/N-ethyl adjacent to an activating group) is 2. The Balaban J connectivity index is 1.86. The molecule has 2 heterocycles. The third kappa shape index (κ3) is 3.34. The van der Waals surface area contributed by atoms with Crippen LogP contribution in [0.2, 0.25) is 0 Å². The van der Waals surface area contributed by atoms with E-state index < -0.39 is 0 Å². The highest BCUT2D eigenvalue weighted by molar-refractivity contribution is 5.16. The van der Waals surface area contributed by atoms with Crippen LogP contribution in [0.5, 0.6) is 0 Å². The van der Waals surface area contributed by atoms with Gasteiger partial charge in [-0.2, -0.15) is 0 Å². The van der Waals surface area contributed by atoms with Crippen LogP contribution in [0.25, 0.3) is 0 Å². The van der Waals surface area contributed by atoms with Gasteiger partial charge in [0, 0.05) is 24.7 Å². The standard InChI is InChI=1S/C14H25N3O/c1-15-9-12-6-8-18-14(12)11-16(2)10-13-5-4-7-17(13)3/h6,8,13,15H,4-5,7,9-11H2,1-3H3. The van der Waals surface area contributed by atoms with Crippen LogP contribution in [-0.2, 0) is 13.1 Å². The largest absolute Gasteiger partial charge is 0.468 e. The van der Waals surface area contributed by atoms with E-state index in [1.807, 2.05) is 7.05 Å². The molecule has 1 atom stereocenters. The first-order valence-electron chi connectivity index (χ1n) is 6.79. The van der Waals surface area contributed by atoms with Crippen molar-refractivity contribution in [2.75, 3.05) is 34.2 Å². The number of likely N-dealkylation sites (tertiary alicyclic amines) is 1. The van der Waals surface area contributed by atoms with Gasteiger partial charge in [-0.05, 0) is 46.6 Å². The number of furan rings is 1. The fourth-order valence-electron chi connectivity index (χ4n) is 2.73. The zero-order chi connectivity index (χ0) is 13.0. The van der Waals surface area contributed by atoms with E-state index in [4.69, 9.17) is 4.42 Å². The van der Waals surface area contributed by atoms with Crippen LogP contribution >= 0.6 is 0 Å². The first-order chi connectivity index (χ1) is 8.70. The van der Waals surface area contributed by atoms with E-state index in [9.17, 15) is 0 Å². The monoisotopic (exact) mass is 251 g/mol. The Morgan fingerprint density at radius 2 is 2.39 bits per heavy atom. The van der Waals surface area contributed by atoms with E-state index in [0.717, 1.165) is 25.4 Å². The molecule has 1 aliphatic heterocycles. The van der Waals surface area contributed by atoms with Crippen molar-refractivity contribution in [1.29, 1.82) is 0 Å². The molecule has 0 amide bonds. The van der Waals surface area contributed by atoms with Gasteiger partial charge in [0.25, 0.3) is 0 Å². The van der Waals surface area contributed by atoms with Crippen LogP contribution < -0.4 is 5.32 Å². The Hall–Kier alpha value is -0.840. The zero-order valence-electron chi connectivity index (χ0n) is 11.8. The first kappa shape index (κ1) is 13.6. The van der Waals surface area contributed by atoms with Gasteiger partial charge in [0.15, 0.2) is 0 Å². The highest BCUT2D eigenvalue weighted by atomic mass is 16.3. The molecule has 1 aromatic rings. The molecule has 0 aliphatic carbocycles. The van der Waals surface area contributed by atoms with Gasteiger partial charge in [-0.3, -0.25) is 4.90 Å². The molecule has 0 saturated carbocycles. The van der Waals surface area contributed by atoms with Crippen LogP contribution in [0.3, 0.4) is 0 Å². The van der Waals surface area contributed by atoms with Crippen LogP contribution in [0.1, 0.15) is 24.2 Å². The normalized spacial score (nSPS) is 21.0. The van der Waals surface area contributed by atoms with Crippen molar-refractivity contribution < 1.29 is 4.42 Å². The first-order valence-corrected chi connectivity index (χ1v) is 6.79. The molecule has 2 rings (SSSR count). The molecule has 1 aliphatic rings. The lowest BCUT2D eigenvalue weighted by Crippen LogP contribution is -2.36. The summed E-state index contributed by atoms with van der Waals surface area (Å²) >= 11 is 0. The molecular weight excluding hydrogens is 226 g/mol. The summed E-state index contributed by atoms with van der Waals surface area (Å²) in [6.45, 7) is 4.14. The molecule has 4 nitrogen and oxygen atoms in total. The maximum Gasteiger partial charge on any atom is 0.122 e. The molecule has 1 N–H and O–H groups in total. The average Bonchev–Trinajstić information content (AvgIpc) is 2.91. The third-order valence-electron chi connectivity index (χ3n) is 3.81. The Kier molecular flexibility index (Phi) is 4.80. The number of hydrogen-bond acceptors (Lipinski definition) is 4. The van der Waals surface area contributed by atoms with Crippen molar-refractivity contribution in [2.24, 2.45) is 0 Å². The van der Waals surface area contributed by atoms with Crippen LogP contribution in [-0.4, -0.2) is 50.1 Å². The van der Waals surface area contributed by atoms with E-state index in [2.05, 4.69) is 35.3 Å². The van der Waals surface area contributed by atoms with Gasteiger partial charge in [0.1, 0.15) is 5.76 Å². The number of nitrogens with zero attached hydrogens (tertiary/aromatic N) is 2. The number of nitrogens with one attached hydrogen (secondary N) is 1. The van der Waals surface area contributed by atoms with Crippen molar-refractivity contribution >= 4 is 0 Å². The van der Waals surface area contributed by atoms with Crippen molar-refractivity contribution in [1.82, 2.24) is 15.1 Å². The summed E-state index contributed by atoms with van der Waals surface area (Å²) in [5.41, 5.74) is 1.27. The summed E-state index contributed by atoms with van der Waals surface area (Å²) in [4.78, 5) is 4.83. The molecule has 0 spiro atoms. The van der Waals surface area contributed by atoms with Crippen molar-refractivity contribution in [2.45, 2.75) is 32.0 Å². The predicted molar refractivity (Wildman–Crippen MR) is 73.5 cm³/mol. The molecule has 1 aromatic heterocycles. The Labute approximate surface area is 110 Å². The quantitative estimate of drug-likeness (QED) is 0.831. The Morgan fingerprint density at radius 1 is 1.56 bits per heavy atom. The fraction of sp³-hybridized carbons (Fsp3) is 0.714. The van der Waals surface area contributed by atoms with Crippen LogP contribution in [0, 0.1) is 0 Å². The molecule has 0 bridgehead atoms. The lowest BCUT2D eigenvalue weighted by molar-refractivity contribution is 0.205. The van der Waals surface area contributed by atoms with Gasteiger partial charge in [-0.1, -0.05) is 0 Å². The second kappa shape index (κ2) is 6.36. The Bertz CT molecular complexity index is 364. The van der Waals surface area contributed by atoms with Gasteiger partial charge in [-0.25, -0.2) is 0 Å². The average molecular weight is 251 g/mol. The molecule has 4 heteroatoms. The summed E-state index contributed by atoms with van der Waals surface area (Å²) in [6.07, 6.45) is 4.45. The summed E-state index contributed by atoms with van der Waals surface area (Å²) < 4.78 is 5.58. The van der Waals surface area contributed by atoms with E-state index >= 15 is 0 Å². The fourth-order valence-corrected chi connectivity index (χ4v) is 2.73. The minimum absolute atomic E-state index is 0.706. The highest BCUT2D eigenvalue weighted by Crippen LogP contribution is 2.17. The summed E-state index contributed by atoms with van der Waals surface area (Å²) in [6, 6.07) is 2.76. The van der Waals surface area contributed by atoms with Gasteiger partial charge >= 0.3 is 0 Å². The topological polar surface area (TPSA) is 31.7 Å². The molecule has 102 valence electrons. The second-order valence-electron chi connectivity index (χ2n) is 5.37. The van der Waals surface area contributed by atoms with Crippen molar-refractivity contribution in [3.63, 3.8) is 0 Å². The van der Waals surface area contributed by atoms with Crippen LogP contribution in [0.4, 0.5) is 0 Å². The number of hydrogen-bond donors (Lipinski definition) is 1. The second-order valence-corrected chi connectivity index (χ2v) is 5.37. The van der Waals surface area contributed by atoms with E-state index in [-0.39, 0.29) is 0 Å². The predicted octanol–water partition coefficient (Wildman–Crippen LogP) is 1.52.